The van der Waals surface area contributed by atoms with Gasteiger partial charge in [0.15, 0.2) is 5.13 Å². The maximum absolute atomic E-state index is 12.6. The molecule has 5 nitrogen and oxygen atoms in total. The fourth-order valence-electron chi connectivity index (χ4n) is 3.38. The second-order valence-electron chi connectivity index (χ2n) is 6.64. The van der Waals surface area contributed by atoms with E-state index in [4.69, 9.17) is 0 Å². The number of pyridine rings is 1. The van der Waals surface area contributed by atoms with Gasteiger partial charge in [0.25, 0.3) is 0 Å². The van der Waals surface area contributed by atoms with E-state index >= 15 is 0 Å². The molecule has 1 fully saturated rings. The number of benzene rings is 1. The Balaban J connectivity index is 1.34. The van der Waals surface area contributed by atoms with Crippen LogP contribution in [0.4, 0.5) is 5.13 Å². The number of aromatic nitrogens is 2. The van der Waals surface area contributed by atoms with E-state index in [1.54, 1.807) is 17.5 Å². The third-order valence-corrected chi connectivity index (χ3v) is 5.81. The van der Waals surface area contributed by atoms with Crippen molar-refractivity contribution in [1.82, 2.24) is 15.3 Å². The summed E-state index contributed by atoms with van der Waals surface area (Å²) in [5.41, 5.74) is 2.18. The maximum Gasteiger partial charge on any atom is 0.224 e. The van der Waals surface area contributed by atoms with Gasteiger partial charge in [-0.1, -0.05) is 41.7 Å². The molecule has 6 heteroatoms. The minimum absolute atomic E-state index is 0.0273. The van der Waals surface area contributed by atoms with Crippen molar-refractivity contribution in [3.05, 3.63) is 54.2 Å². The van der Waals surface area contributed by atoms with Crippen molar-refractivity contribution in [2.75, 3.05) is 24.5 Å². The van der Waals surface area contributed by atoms with Gasteiger partial charge in [0.2, 0.25) is 5.91 Å². The Bertz CT molecular complexity index is 847. The van der Waals surface area contributed by atoms with E-state index < -0.39 is 0 Å². The first-order valence-electron chi connectivity index (χ1n) is 9.08. The van der Waals surface area contributed by atoms with Gasteiger partial charge in [0.05, 0.1) is 5.92 Å². The number of anilines is 1. The van der Waals surface area contributed by atoms with Gasteiger partial charge in [0.1, 0.15) is 10.3 Å². The molecule has 0 radical (unpaired) electrons. The summed E-state index contributed by atoms with van der Waals surface area (Å²) in [6, 6.07) is 14.2. The van der Waals surface area contributed by atoms with Crippen LogP contribution in [0.2, 0.25) is 0 Å². The number of amides is 1. The van der Waals surface area contributed by atoms with Crippen LogP contribution in [0.5, 0.6) is 0 Å². The van der Waals surface area contributed by atoms with Gasteiger partial charge in [-0.2, -0.15) is 0 Å². The molecule has 3 aromatic rings. The highest BCUT2D eigenvalue weighted by Gasteiger charge is 2.27. The largest absolute Gasteiger partial charge is 0.355 e. The Morgan fingerprint density at radius 2 is 2.12 bits per heavy atom. The lowest BCUT2D eigenvalue weighted by atomic mass is 9.97. The standard InChI is InChI=1S/C20H22N4OS/c25-18(21-12-10-15-6-2-1-3-7-15)16-8-5-13-24(14-16)20-23-17-9-4-11-22-19(17)26-20/h1-4,6-7,9,11,16H,5,8,10,12-14H2,(H,21,25)/t16-/m1/s1. The first-order chi connectivity index (χ1) is 12.8. The molecule has 1 amide bonds. The number of nitrogens with zero attached hydrogens (tertiary/aromatic N) is 3. The van der Waals surface area contributed by atoms with Gasteiger partial charge >= 0.3 is 0 Å². The minimum atomic E-state index is 0.0273. The topological polar surface area (TPSA) is 58.1 Å². The maximum atomic E-state index is 12.6. The van der Waals surface area contributed by atoms with Crippen molar-refractivity contribution in [1.29, 1.82) is 0 Å². The van der Waals surface area contributed by atoms with E-state index in [2.05, 4.69) is 32.3 Å². The van der Waals surface area contributed by atoms with Crippen LogP contribution in [0.3, 0.4) is 0 Å². The van der Waals surface area contributed by atoms with Crippen LogP contribution in [-0.4, -0.2) is 35.5 Å². The summed E-state index contributed by atoms with van der Waals surface area (Å²) in [5.74, 6) is 0.185. The lowest BCUT2D eigenvalue weighted by Gasteiger charge is -2.31. The van der Waals surface area contributed by atoms with Crippen molar-refractivity contribution in [2.24, 2.45) is 5.92 Å². The number of piperidine rings is 1. The van der Waals surface area contributed by atoms with Crippen molar-refractivity contribution in [3.63, 3.8) is 0 Å². The highest BCUT2D eigenvalue weighted by Crippen LogP contribution is 2.30. The molecule has 0 saturated carbocycles. The SMILES string of the molecule is O=C(NCCc1ccccc1)[C@@H]1CCCN(c2nc3cccnc3s2)C1. The Morgan fingerprint density at radius 3 is 2.96 bits per heavy atom. The number of hydrogen-bond acceptors (Lipinski definition) is 5. The van der Waals surface area contributed by atoms with Crippen molar-refractivity contribution in [2.45, 2.75) is 19.3 Å². The van der Waals surface area contributed by atoms with Gasteiger partial charge in [-0.15, -0.1) is 0 Å². The van der Waals surface area contributed by atoms with Crippen LogP contribution in [0.15, 0.2) is 48.7 Å². The van der Waals surface area contributed by atoms with E-state index in [1.165, 1.54) is 5.56 Å². The van der Waals surface area contributed by atoms with Crippen molar-refractivity contribution in [3.8, 4) is 0 Å². The molecule has 0 unspecified atom stereocenters. The lowest BCUT2D eigenvalue weighted by Crippen LogP contribution is -2.43. The number of rotatable bonds is 5. The van der Waals surface area contributed by atoms with Crippen LogP contribution in [-0.2, 0) is 11.2 Å². The minimum Gasteiger partial charge on any atom is -0.355 e. The molecule has 26 heavy (non-hydrogen) atoms. The van der Waals surface area contributed by atoms with Crippen LogP contribution in [0, 0.1) is 5.92 Å². The Morgan fingerprint density at radius 1 is 1.23 bits per heavy atom. The molecular weight excluding hydrogens is 344 g/mol. The Kier molecular flexibility index (Phi) is 5.11. The molecule has 4 rings (SSSR count). The van der Waals surface area contributed by atoms with E-state index in [0.717, 1.165) is 47.8 Å². The van der Waals surface area contributed by atoms with Gasteiger partial charge in [0, 0.05) is 25.8 Å². The third kappa shape index (κ3) is 3.85. The summed E-state index contributed by atoms with van der Waals surface area (Å²) in [4.78, 5) is 24.8. The van der Waals surface area contributed by atoms with Gasteiger partial charge < -0.3 is 10.2 Å². The Hall–Kier alpha value is -2.47. The predicted octanol–water partition coefficient (Wildman–Crippen LogP) is 3.27. The van der Waals surface area contributed by atoms with E-state index in [1.807, 2.05) is 30.3 Å². The summed E-state index contributed by atoms with van der Waals surface area (Å²) < 4.78 is 0. The van der Waals surface area contributed by atoms with Gasteiger partial charge in [-0.3, -0.25) is 4.79 Å². The fourth-order valence-corrected chi connectivity index (χ4v) is 4.32. The van der Waals surface area contributed by atoms with Gasteiger partial charge in [-0.05, 0) is 37.0 Å². The van der Waals surface area contributed by atoms with Crippen molar-refractivity contribution < 1.29 is 4.79 Å². The van der Waals surface area contributed by atoms with Crippen LogP contribution < -0.4 is 10.2 Å². The average molecular weight is 366 g/mol. The highest BCUT2D eigenvalue weighted by molar-refractivity contribution is 7.21. The number of thiazole rings is 1. The number of nitrogens with one attached hydrogen (secondary N) is 1. The van der Waals surface area contributed by atoms with Gasteiger partial charge in [-0.25, -0.2) is 9.97 Å². The monoisotopic (exact) mass is 366 g/mol. The number of carbonyl (C=O) groups is 1. The molecule has 134 valence electrons. The molecule has 0 spiro atoms. The smallest absolute Gasteiger partial charge is 0.224 e. The molecule has 1 saturated heterocycles. The lowest BCUT2D eigenvalue weighted by molar-refractivity contribution is -0.125. The average Bonchev–Trinajstić information content (AvgIpc) is 3.13. The quantitative estimate of drug-likeness (QED) is 0.753. The molecule has 1 N–H and O–H groups in total. The molecule has 1 aliphatic rings. The summed E-state index contributed by atoms with van der Waals surface area (Å²) in [6.45, 7) is 2.37. The molecule has 0 aliphatic carbocycles. The Labute approximate surface area is 157 Å². The first kappa shape index (κ1) is 17.0. The van der Waals surface area contributed by atoms with E-state index in [9.17, 15) is 4.79 Å². The van der Waals surface area contributed by atoms with Crippen LogP contribution in [0.1, 0.15) is 18.4 Å². The third-order valence-electron chi connectivity index (χ3n) is 4.77. The molecule has 0 bridgehead atoms. The second kappa shape index (κ2) is 7.83. The predicted molar refractivity (Wildman–Crippen MR) is 106 cm³/mol. The molecule has 3 heterocycles. The van der Waals surface area contributed by atoms with Crippen LogP contribution >= 0.6 is 11.3 Å². The molecule has 2 aromatic heterocycles. The van der Waals surface area contributed by atoms with Crippen molar-refractivity contribution >= 4 is 32.7 Å². The normalized spacial score (nSPS) is 17.4. The summed E-state index contributed by atoms with van der Waals surface area (Å²) in [6.07, 6.45) is 4.62. The summed E-state index contributed by atoms with van der Waals surface area (Å²) in [7, 11) is 0. The number of hydrogen-bond donors (Lipinski definition) is 1. The number of fused-ring (bicyclic) bond motifs is 1. The summed E-state index contributed by atoms with van der Waals surface area (Å²) in [5, 5.41) is 4.08. The first-order valence-corrected chi connectivity index (χ1v) is 9.89. The molecule has 1 aromatic carbocycles. The molecular formula is C20H22N4OS. The summed E-state index contributed by atoms with van der Waals surface area (Å²) >= 11 is 1.60. The molecule has 1 atom stereocenters. The second-order valence-corrected chi connectivity index (χ2v) is 7.59. The molecule has 1 aliphatic heterocycles. The van der Waals surface area contributed by atoms with E-state index in [-0.39, 0.29) is 11.8 Å². The number of carbonyl (C=O) groups excluding carboxylic acids is 1. The zero-order chi connectivity index (χ0) is 17.8. The van der Waals surface area contributed by atoms with E-state index in [0.29, 0.717) is 6.54 Å². The highest BCUT2D eigenvalue weighted by atomic mass is 32.1. The zero-order valence-electron chi connectivity index (χ0n) is 14.6. The zero-order valence-corrected chi connectivity index (χ0v) is 15.4. The fraction of sp³-hybridized carbons (Fsp3) is 0.350. The van der Waals surface area contributed by atoms with Crippen LogP contribution in [0.25, 0.3) is 10.3 Å².